The molecule has 0 radical (unpaired) electrons. The Balaban J connectivity index is 1.77. The van der Waals surface area contributed by atoms with Crippen LogP contribution < -0.4 is 0 Å². The van der Waals surface area contributed by atoms with Crippen molar-refractivity contribution in [2.24, 2.45) is 17.8 Å². The van der Waals surface area contributed by atoms with Crippen molar-refractivity contribution in [1.82, 2.24) is 9.78 Å². The van der Waals surface area contributed by atoms with Gasteiger partial charge in [-0.25, -0.2) is 0 Å². The summed E-state index contributed by atoms with van der Waals surface area (Å²) in [5, 5.41) is 15.2. The van der Waals surface area contributed by atoms with E-state index in [-0.39, 0.29) is 16.3 Å². The molecule has 1 heterocycles. The topological polar surface area (TPSA) is 61.0 Å². The monoisotopic (exact) mass is 261 g/mol. The second-order valence-electron chi connectivity index (χ2n) is 6.95. The molecule has 1 aromatic rings. The minimum absolute atomic E-state index is 0.00763. The molecule has 1 aromatic heterocycles. The molecular weight excluding hydrogens is 242 g/mol. The molecule has 0 spiro atoms. The maximum Gasteiger partial charge on any atom is 0.390 e. The molecule has 0 saturated heterocycles. The molecule has 5 heteroatoms. The molecule has 0 atom stereocenters. The lowest BCUT2D eigenvalue weighted by atomic mass is 9.53. The van der Waals surface area contributed by atoms with Crippen LogP contribution in [0.5, 0.6) is 0 Å². The molecule has 0 aromatic carbocycles. The van der Waals surface area contributed by atoms with Gasteiger partial charge in [-0.05, 0) is 68.1 Å². The fourth-order valence-electron chi connectivity index (χ4n) is 5.35. The average Bonchev–Trinajstić information content (AvgIpc) is 2.70. The highest BCUT2D eigenvalue weighted by Gasteiger charge is 2.54. The van der Waals surface area contributed by atoms with Crippen LogP contribution in [0.4, 0.5) is 5.82 Å². The van der Waals surface area contributed by atoms with Crippen molar-refractivity contribution in [3.05, 3.63) is 21.9 Å². The summed E-state index contributed by atoms with van der Waals surface area (Å²) < 4.78 is 2.01. The number of nitro groups is 1. The van der Waals surface area contributed by atoms with Crippen molar-refractivity contribution in [3.8, 4) is 0 Å². The highest BCUT2D eigenvalue weighted by atomic mass is 16.6. The Morgan fingerprint density at radius 2 is 1.79 bits per heavy atom. The summed E-state index contributed by atoms with van der Waals surface area (Å²) in [4.78, 5) is 10.6. The number of aryl methyl sites for hydroxylation is 1. The average molecular weight is 261 g/mol. The van der Waals surface area contributed by atoms with E-state index in [0.29, 0.717) is 0 Å². The Kier molecular flexibility index (Phi) is 2.16. The molecule has 4 fully saturated rings. The third-order valence-electron chi connectivity index (χ3n) is 5.52. The molecule has 0 unspecified atom stereocenters. The molecule has 102 valence electrons. The summed E-state index contributed by atoms with van der Waals surface area (Å²) in [5.74, 6) is 2.49. The zero-order valence-corrected chi connectivity index (χ0v) is 11.2. The second kappa shape index (κ2) is 3.58. The fraction of sp³-hybridized carbons (Fsp3) is 0.786. The van der Waals surface area contributed by atoms with Crippen molar-refractivity contribution in [2.75, 3.05) is 0 Å². The first-order valence-electron chi connectivity index (χ1n) is 7.27. The number of aromatic nitrogens is 2. The number of nitrogens with zero attached hydrogens (tertiary/aromatic N) is 3. The van der Waals surface area contributed by atoms with Gasteiger partial charge in [-0.2, -0.15) is 4.68 Å². The van der Waals surface area contributed by atoms with E-state index in [1.807, 2.05) is 11.6 Å². The van der Waals surface area contributed by atoms with E-state index in [9.17, 15) is 10.1 Å². The van der Waals surface area contributed by atoms with Crippen LogP contribution >= 0.6 is 0 Å². The number of rotatable bonds is 2. The highest BCUT2D eigenvalue weighted by molar-refractivity contribution is 5.23. The number of hydrogen-bond acceptors (Lipinski definition) is 3. The van der Waals surface area contributed by atoms with Crippen LogP contribution in [0.2, 0.25) is 0 Å². The first-order valence-corrected chi connectivity index (χ1v) is 7.27. The van der Waals surface area contributed by atoms with Gasteiger partial charge in [0.2, 0.25) is 0 Å². The van der Waals surface area contributed by atoms with Gasteiger partial charge in [0.15, 0.2) is 0 Å². The van der Waals surface area contributed by atoms with Crippen molar-refractivity contribution in [2.45, 2.75) is 51.0 Å². The molecule has 5 nitrogen and oxygen atoms in total. The van der Waals surface area contributed by atoms with E-state index in [4.69, 9.17) is 0 Å². The predicted octanol–water partition coefficient (Wildman–Crippen LogP) is 3.03. The minimum atomic E-state index is -0.371. The van der Waals surface area contributed by atoms with Gasteiger partial charge in [-0.1, -0.05) is 0 Å². The minimum Gasteiger partial charge on any atom is -0.358 e. The second-order valence-corrected chi connectivity index (χ2v) is 6.95. The first-order chi connectivity index (χ1) is 9.06. The molecule has 19 heavy (non-hydrogen) atoms. The summed E-state index contributed by atoms with van der Waals surface area (Å²) in [6, 6.07) is 1.62. The van der Waals surface area contributed by atoms with Crippen molar-refractivity contribution in [1.29, 1.82) is 0 Å². The van der Waals surface area contributed by atoms with Crippen LogP contribution in [0.1, 0.15) is 44.2 Å². The van der Waals surface area contributed by atoms with Gasteiger partial charge in [0, 0.05) is 0 Å². The lowest BCUT2D eigenvalue weighted by Crippen LogP contribution is -2.52. The lowest BCUT2D eigenvalue weighted by Gasteiger charge is -2.55. The zero-order chi connectivity index (χ0) is 13.2. The van der Waals surface area contributed by atoms with Crippen LogP contribution in [0, 0.1) is 34.8 Å². The lowest BCUT2D eigenvalue weighted by molar-refractivity contribution is -0.390. The molecule has 4 aliphatic rings. The highest BCUT2D eigenvalue weighted by Crippen LogP contribution is 2.58. The summed E-state index contributed by atoms with van der Waals surface area (Å²) in [5.41, 5.74) is 1.04. The fourth-order valence-corrected chi connectivity index (χ4v) is 5.35. The number of hydrogen-bond donors (Lipinski definition) is 0. The molecule has 0 amide bonds. The predicted molar refractivity (Wildman–Crippen MR) is 69.8 cm³/mol. The van der Waals surface area contributed by atoms with Crippen LogP contribution in [0.15, 0.2) is 6.07 Å². The van der Waals surface area contributed by atoms with Gasteiger partial charge in [0.05, 0.1) is 22.4 Å². The van der Waals surface area contributed by atoms with E-state index in [1.165, 1.54) is 38.5 Å². The maximum absolute atomic E-state index is 10.9. The Bertz CT molecular complexity index is 514. The van der Waals surface area contributed by atoms with Gasteiger partial charge < -0.3 is 10.1 Å². The molecule has 4 saturated carbocycles. The summed E-state index contributed by atoms with van der Waals surface area (Å²) in [7, 11) is 0. The SMILES string of the molecule is Cc1cc([N+](=O)[O-])nn1C12CC3CC(CC(C3)C1)C2. The van der Waals surface area contributed by atoms with E-state index in [1.54, 1.807) is 6.07 Å². The Morgan fingerprint density at radius 3 is 2.21 bits per heavy atom. The normalized spacial score (nSPS) is 39.7. The van der Waals surface area contributed by atoms with Crippen molar-refractivity contribution in [3.63, 3.8) is 0 Å². The zero-order valence-electron chi connectivity index (χ0n) is 11.2. The van der Waals surface area contributed by atoms with Crippen LogP contribution in [-0.2, 0) is 5.54 Å². The van der Waals surface area contributed by atoms with E-state index < -0.39 is 0 Å². The van der Waals surface area contributed by atoms with Gasteiger partial charge >= 0.3 is 5.82 Å². The molecule has 5 rings (SSSR count). The first kappa shape index (κ1) is 11.4. The standard InChI is InChI=1S/C14H19N3O2/c1-9-2-13(17(18)19)15-16(9)14-6-10-3-11(7-14)5-12(4-10)8-14/h2,10-12H,3-8H2,1H3. The molecule has 4 bridgehead atoms. The third-order valence-corrected chi connectivity index (χ3v) is 5.52. The molecule has 4 aliphatic carbocycles. The van der Waals surface area contributed by atoms with Gasteiger partial charge in [0.25, 0.3) is 0 Å². The Labute approximate surface area is 112 Å². The van der Waals surface area contributed by atoms with Gasteiger partial charge in [0.1, 0.15) is 0 Å². The summed E-state index contributed by atoms with van der Waals surface area (Å²) in [6.45, 7) is 1.96. The quantitative estimate of drug-likeness (QED) is 0.607. The maximum atomic E-state index is 10.9. The Hall–Kier alpha value is -1.39. The van der Waals surface area contributed by atoms with E-state index >= 15 is 0 Å². The largest absolute Gasteiger partial charge is 0.390 e. The van der Waals surface area contributed by atoms with E-state index in [0.717, 1.165) is 23.4 Å². The van der Waals surface area contributed by atoms with E-state index in [2.05, 4.69) is 5.10 Å². The van der Waals surface area contributed by atoms with Gasteiger partial charge in [-0.15, -0.1) is 0 Å². The smallest absolute Gasteiger partial charge is 0.358 e. The molecule has 0 N–H and O–H groups in total. The summed E-state index contributed by atoms with van der Waals surface area (Å²) >= 11 is 0. The third kappa shape index (κ3) is 1.56. The van der Waals surface area contributed by atoms with Crippen LogP contribution in [0.25, 0.3) is 0 Å². The summed E-state index contributed by atoms with van der Waals surface area (Å²) in [6.07, 6.45) is 7.67. The Morgan fingerprint density at radius 1 is 1.26 bits per heavy atom. The van der Waals surface area contributed by atoms with Crippen LogP contribution in [0.3, 0.4) is 0 Å². The van der Waals surface area contributed by atoms with Gasteiger partial charge in [-0.3, -0.25) is 0 Å². The van der Waals surface area contributed by atoms with Crippen LogP contribution in [-0.4, -0.2) is 14.7 Å². The molecular formula is C14H19N3O2. The van der Waals surface area contributed by atoms with Crippen molar-refractivity contribution < 1.29 is 4.92 Å². The van der Waals surface area contributed by atoms with Crippen molar-refractivity contribution >= 4 is 5.82 Å². The molecule has 0 aliphatic heterocycles.